The van der Waals surface area contributed by atoms with Gasteiger partial charge in [0.05, 0.1) is 17.9 Å². The Kier molecular flexibility index (Phi) is 3.26. The van der Waals surface area contributed by atoms with E-state index in [4.69, 9.17) is 10.5 Å². The molecule has 3 rings (SSSR count). The van der Waals surface area contributed by atoms with Crippen molar-refractivity contribution in [3.8, 4) is 5.75 Å². The summed E-state index contributed by atoms with van der Waals surface area (Å²) >= 11 is 0. The first-order valence-electron chi connectivity index (χ1n) is 7.00. The molecule has 106 valence electrons. The van der Waals surface area contributed by atoms with Gasteiger partial charge in [-0.05, 0) is 25.5 Å². The van der Waals surface area contributed by atoms with Crippen molar-refractivity contribution in [2.24, 2.45) is 0 Å². The number of nitrogens with zero attached hydrogens (tertiary/aromatic N) is 2. The third-order valence-electron chi connectivity index (χ3n) is 3.68. The minimum atomic E-state index is 0.146. The van der Waals surface area contributed by atoms with Crippen LogP contribution in [0.4, 0.5) is 11.5 Å². The van der Waals surface area contributed by atoms with Gasteiger partial charge in [-0.25, -0.2) is 4.68 Å². The second kappa shape index (κ2) is 5.07. The summed E-state index contributed by atoms with van der Waals surface area (Å²) in [5.41, 5.74) is 8.92. The van der Waals surface area contributed by atoms with Crippen LogP contribution in [-0.2, 0) is 13.0 Å². The van der Waals surface area contributed by atoms with Crippen molar-refractivity contribution >= 4 is 11.5 Å². The third-order valence-corrected chi connectivity index (χ3v) is 3.68. The van der Waals surface area contributed by atoms with Crippen LogP contribution in [0, 0.1) is 6.92 Å². The average molecular weight is 272 g/mol. The fourth-order valence-corrected chi connectivity index (χ4v) is 2.59. The van der Waals surface area contributed by atoms with Crippen molar-refractivity contribution in [1.29, 1.82) is 0 Å². The number of aromatic nitrogens is 2. The van der Waals surface area contributed by atoms with Gasteiger partial charge in [-0.15, -0.1) is 0 Å². The topological polar surface area (TPSA) is 65.1 Å². The van der Waals surface area contributed by atoms with Crippen LogP contribution < -0.4 is 15.8 Å². The van der Waals surface area contributed by atoms with Gasteiger partial charge in [-0.3, -0.25) is 0 Å². The summed E-state index contributed by atoms with van der Waals surface area (Å²) in [5, 5.41) is 7.78. The molecule has 1 aliphatic rings. The molecule has 0 saturated carbocycles. The molecule has 2 aromatic rings. The molecule has 0 saturated heterocycles. The predicted octanol–water partition coefficient (Wildman–Crippen LogP) is 2.21. The van der Waals surface area contributed by atoms with Gasteiger partial charge in [0.1, 0.15) is 17.7 Å². The number of nitrogen functional groups attached to an aromatic ring is 1. The van der Waals surface area contributed by atoms with Gasteiger partial charge in [-0.1, -0.05) is 18.2 Å². The molecule has 0 spiro atoms. The molecule has 1 unspecified atom stereocenters. The SMILES string of the molecule is CCn1nc(C)c(N)c1NCC1Cc2ccccc2O1. The fourth-order valence-electron chi connectivity index (χ4n) is 2.59. The first-order chi connectivity index (χ1) is 9.69. The molecule has 5 heteroatoms. The van der Waals surface area contributed by atoms with E-state index in [0.717, 1.165) is 42.5 Å². The summed E-state index contributed by atoms with van der Waals surface area (Å²) in [6.45, 7) is 5.50. The van der Waals surface area contributed by atoms with Crippen LogP contribution >= 0.6 is 0 Å². The smallest absolute Gasteiger partial charge is 0.148 e. The highest BCUT2D eigenvalue weighted by Gasteiger charge is 2.23. The van der Waals surface area contributed by atoms with Gasteiger partial charge in [0.2, 0.25) is 0 Å². The van der Waals surface area contributed by atoms with Crippen LogP contribution in [0.25, 0.3) is 0 Å². The van der Waals surface area contributed by atoms with E-state index in [-0.39, 0.29) is 6.10 Å². The average Bonchev–Trinajstić information content (AvgIpc) is 2.98. The molecule has 0 bridgehead atoms. The quantitative estimate of drug-likeness (QED) is 0.895. The number of aryl methyl sites for hydroxylation is 2. The molecule has 5 nitrogen and oxygen atoms in total. The minimum Gasteiger partial charge on any atom is -0.488 e. The molecule has 1 aromatic carbocycles. The summed E-state index contributed by atoms with van der Waals surface area (Å²) in [6.07, 6.45) is 1.08. The van der Waals surface area contributed by atoms with E-state index >= 15 is 0 Å². The van der Waals surface area contributed by atoms with E-state index in [0.29, 0.717) is 0 Å². The van der Waals surface area contributed by atoms with Crippen LogP contribution in [0.5, 0.6) is 5.75 Å². The number of para-hydroxylation sites is 1. The molecule has 2 heterocycles. The molecular formula is C15H20N4O. The molecule has 0 aliphatic carbocycles. The zero-order valence-corrected chi connectivity index (χ0v) is 11.9. The molecule has 1 aromatic heterocycles. The molecule has 1 atom stereocenters. The van der Waals surface area contributed by atoms with E-state index in [2.05, 4.69) is 23.4 Å². The Morgan fingerprint density at radius 2 is 2.25 bits per heavy atom. The van der Waals surface area contributed by atoms with Crippen LogP contribution in [0.15, 0.2) is 24.3 Å². The van der Waals surface area contributed by atoms with Crippen molar-refractivity contribution in [3.05, 3.63) is 35.5 Å². The molecular weight excluding hydrogens is 252 g/mol. The Balaban J connectivity index is 1.67. The van der Waals surface area contributed by atoms with E-state index in [9.17, 15) is 0 Å². The molecule has 0 fully saturated rings. The lowest BCUT2D eigenvalue weighted by Gasteiger charge is -2.14. The molecule has 20 heavy (non-hydrogen) atoms. The van der Waals surface area contributed by atoms with E-state index in [1.807, 2.05) is 29.8 Å². The molecule has 0 radical (unpaired) electrons. The lowest BCUT2D eigenvalue weighted by atomic mass is 10.1. The largest absolute Gasteiger partial charge is 0.488 e. The van der Waals surface area contributed by atoms with Gasteiger partial charge in [0.15, 0.2) is 0 Å². The first-order valence-corrected chi connectivity index (χ1v) is 7.00. The number of ether oxygens (including phenoxy) is 1. The fraction of sp³-hybridized carbons (Fsp3) is 0.400. The number of fused-ring (bicyclic) bond motifs is 1. The lowest BCUT2D eigenvalue weighted by Crippen LogP contribution is -2.25. The van der Waals surface area contributed by atoms with Crippen molar-refractivity contribution < 1.29 is 4.74 Å². The van der Waals surface area contributed by atoms with Gasteiger partial charge in [0.25, 0.3) is 0 Å². The highest BCUT2D eigenvalue weighted by Crippen LogP contribution is 2.29. The van der Waals surface area contributed by atoms with Gasteiger partial charge < -0.3 is 15.8 Å². The third kappa shape index (κ3) is 2.19. The minimum absolute atomic E-state index is 0.146. The Morgan fingerprint density at radius 1 is 1.45 bits per heavy atom. The maximum absolute atomic E-state index is 6.06. The highest BCUT2D eigenvalue weighted by atomic mass is 16.5. The number of anilines is 2. The van der Waals surface area contributed by atoms with Crippen molar-refractivity contribution in [3.63, 3.8) is 0 Å². The second-order valence-corrected chi connectivity index (χ2v) is 5.10. The number of nitrogens with two attached hydrogens (primary N) is 1. The van der Waals surface area contributed by atoms with Crippen LogP contribution in [0.2, 0.25) is 0 Å². The zero-order chi connectivity index (χ0) is 14.1. The Bertz CT molecular complexity index is 595. The summed E-state index contributed by atoms with van der Waals surface area (Å²) < 4.78 is 7.81. The molecule has 3 N–H and O–H groups in total. The zero-order valence-electron chi connectivity index (χ0n) is 11.9. The number of hydrogen-bond donors (Lipinski definition) is 2. The van der Waals surface area contributed by atoms with Crippen molar-refractivity contribution in [2.45, 2.75) is 32.9 Å². The summed E-state index contributed by atoms with van der Waals surface area (Å²) in [4.78, 5) is 0. The van der Waals surface area contributed by atoms with Crippen molar-refractivity contribution in [2.75, 3.05) is 17.6 Å². The standard InChI is InChI=1S/C15H20N4O/c1-3-19-15(14(16)10(2)18-19)17-9-12-8-11-6-4-5-7-13(11)20-12/h4-7,12,17H,3,8-9,16H2,1-2H3. The first kappa shape index (κ1) is 12.8. The normalized spacial score (nSPS) is 16.8. The maximum atomic E-state index is 6.06. The number of rotatable bonds is 4. The lowest BCUT2D eigenvalue weighted by molar-refractivity contribution is 0.246. The molecule has 1 aliphatic heterocycles. The Labute approximate surface area is 118 Å². The van der Waals surface area contributed by atoms with Crippen LogP contribution in [0.3, 0.4) is 0 Å². The monoisotopic (exact) mass is 272 g/mol. The van der Waals surface area contributed by atoms with E-state index < -0.39 is 0 Å². The second-order valence-electron chi connectivity index (χ2n) is 5.10. The van der Waals surface area contributed by atoms with Crippen molar-refractivity contribution in [1.82, 2.24) is 9.78 Å². The van der Waals surface area contributed by atoms with Gasteiger partial charge in [-0.2, -0.15) is 5.10 Å². The Morgan fingerprint density at radius 3 is 3.00 bits per heavy atom. The number of benzene rings is 1. The Hall–Kier alpha value is -2.17. The maximum Gasteiger partial charge on any atom is 0.148 e. The summed E-state index contributed by atoms with van der Waals surface area (Å²) in [5.74, 6) is 1.89. The number of hydrogen-bond acceptors (Lipinski definition) is 4. The van der Waals surface area contributed by atoms with E-state index in [1.165, 1.54) is 5.56 Å². The van der Waals surface area contributed by atoms with Crippen LogP contribution in [-0.4, -0.2) is 22.4 Å². The number of nitrogens with one attached hydrogen (secondary N) is 1. The van der Waals surface area contributed by atoms with E-state index in [1.54, 1.807) is 0 Å². The van der Waals surface area contributed by atoms with Crippen LogP contribution in [0.1, 0.15) is 18.2 Å². The summed E-state index contributed by atoms with van der Waals surface area (Å²) in [7, 11) is 0. The highest BCUT2D eigenvalue weighted by molar-refractivity contribution is 5.64. The molecule has 0 amide bonds. The van der Waals surface area contributed by atoms with Gasteiger partial charge >= 0.3 is 0 Å². The predicted molar refractivity (Wildman–Crippen MR) is 80.1 cm³/mol. The summed E-state index contributed by atoms with van der Waals surface area (Å²) in [6, 6.07) is 8.18. The van der Waals surface area contributed by atoms with Gasteiger partial charge in [0, 0.05) is 13.0 Å².